The molecule has 0 spiro atoms. The minimum absolute atomic E-state index is 0.0559. The van der Waals surface area contributed by atoms with Crippen LogP contribution in [-0.4, -0.2) is 34.9 Å². The smallest absolute Gasteiger partial charge is 0.309 e. The topological polar surface area (TPSA) is 83.8 Å². The Morgan fingerprint density at radius 2 is 1.74 bits per heavy atom. The molecular formula is C18H32O5. The number of aliphatic carboxylic acids is 1. The lowest BCUT2D eigenvalue weighted by atomic mass is 9.82. The number of rotatable bonds is 10. The van der Waals surface area contributed by atoms with Crippen LogP contribution in [0.2, 0.25) is 0 Å². The zero-order valence-electron chi connectivity index (χ0n) is 14.5. The summed E-state index contributed by atoms with van der Waals surface area (Å²) in [5, 5.41) is 19.0. The van der Waals surface area contributed by atoms with Gasteiger partial charge in [0.2, 0.25) is 0 Å². The molecule has 1 rings (SSSR count). The van der Waals surface area contributed by atoms with Crippen LogP contribution in [0.4, 0.5) is 0 Å². The first-order valence-corrected chi connectivity index (χ1v) is 9.05. The fourth-order valence-corrected chi connectivity index (χ4v) is 3.31. The van der Waals surface area contributed by atoms with Gasteiger partial charge in [0.25, 0.3) is 0 Å². The second-order valence-electron chi connectivity index (χ2n) is 6.82. The van der Waals surface area contributed by atoms with Gasteiger partial charge in [0.05, 0.1) is 17.9 Å². The fourth-order valence-electron chi connectivity index (χ4n) is 3.31. The lowest BCUT2D eigenvalue weighted by Gasteiger charge is -2.25. The van der Waals surface area contributed by atoms with E-state index in [0.717, 1.165) is 25.7 Å². The van der Waals surface area contributed by atoms with Crippen LogP contribution < -0.4 is 0 Å². The second kappa shape index (κ2) is 10.6. The van der Waals surface area contributed by atoms with E-state index in [1.165, 1.54) is 0 Å². The van der Waals surface area contributed by atoms with Crippen molar-refractivity contribution >= 4 is 11.9 Å². The molecular weight excluding hydrogens is 296 g/mol. The molecule has 0 aromatic rings. The van der Waals surface area contributed by atoms with Gasteiger partial charge in [-0.15, -0.1) is 0 Å². The predicted molar refractivity (Wildman–Crippen MR) is 88.0 cm³/mol. The van der Waals surface area contributed by atoms with Gasteiger partial charge in [0.15, 0.2) is 0 Å². The number of carbonyl (C=O) groups is 2. The first-order valence-electron chi connectivity index (χ1n) is 9.05. The number of hydrogen-bond donors (Lipinski definition) is 2. The number of unbranched alkanes of at least 4 members (excludes halogenated alkanes) is 1. The van der Waals surface area contributed by atoms with E-state index >= 15 is 0 Å². The molecule has 5 heteroatoms. The average Bonchev–Trinajstić information content (AvgIpc) is 2.56. The minimum atomic E-state index is -0.773. The molecule has 134 valence electrons. The van der Waals surface area contributed by atoms with E-state index in [1.54, 1.807) is 0 Å². The third-order valence-corrected chi connectivity index (χ3v) is 4.98. The standard InChI is InChI=1S/C18H32O5/c1-3-5-6-13(4-2)11-16(19)12-23-18(22)15-9-7-14(8-10-15)17(20)21/h13-16,19H,3-12H2,1-2H3,(H,20,21). The molecule has 2 unspecified atom stereocenters. The summed E-state index contributed by atoms with van der Waals surface area (Å²) in [5.74, 6) is -1.11. The second-order valence-corrected chi connectivity index (χ2v) is 6.82. The van der Waals surface area contributed by atoms with Gasteiger partial charge in [-0.2, -0.15) is 0 Å². The van der Waals surface area contributed by atoms with Crippen LogP contribution >= 0.6 is 0 Å². The molecule has 0 saturated heterocycles. The summed E-state index contributed by atoms with van der Waals surface area (Å²) in [6.45, 7) is 4.34. The van der Waals surface area contributed by atoms with Gasteiger partial charge in [-0.25, -0.2) is 0 Å². The summed E-state index contributed by atoms with van der Waals surface area (Å²) < 4.78 is 5.25. The van der Waals surface area contributed by atoms with E-state index in [-0.39, 0.29) is 24.4 Å². The fraction of sp³-hybridized carbons (Fsp3) is 0.889. The molecule has 2 atom stereocenters. The Bertz CT molecular complexity index is 360. The Kier molecular flexibility index (Phi) is 9.22. The van der Waals surface area contributed by atoms with Gasteiger partial charge >= 0.3 is 11.9 Å². The van der Waals surface area contributed by atoms with Crippen LogP contribution in [0.15, 0.2) is 0 Å². The maximum Gasteiger partial charge on any atom is 0.309 e. The number of aliphatic hydroxyl groups excluding tert-OH is 1. The SMILES string of the molecule is CCCCC(CC)CC(O)COC(=O)C1CCC(C(=O)O)CC1. The molecule has 1 aliphatic rings. The molecule has 0 aromatic carbocycles. The summed E-state index contributed by atoms with van der Waals surface area (Å²) in [4.78, 5) is 22.9. The first kappa shape index (κ1) is 19.9. The van der Waals surface area contributed by atoms with Crippen molar-refractivity contribution in [2.75, 3.05) is 6.61 Å². The summed E-state index contributed by atoms with van der Waals surface area (Å²) in [6, 6.07) is 0. The van der Waals surface area contributed by atoms with Crippen molar-refractivity contribution in [1.29, 1.82) is 0 Å². The van der Waals surface area contributed by atoms with Crippen LogP contribution in [0.3, 0.4) is 0 Å². The molecule has 0 heterocycles. The zero-order chi connectivity index (χ0) is 17.2. The number of ether oxygens (including phenoxy) is 1. The van der Waals surface area contributed by atoms with Crippen molar-refractivity contribution in [1.82, 2.24) is 0 Å². The molecule has 0 radical (unpaired) electrons. The minimum Gasteiger partial charge on any atom is -0.481 e. The van der Waals surface area contributed by atoms with Crippen LogP contribution in [-0.2, 0) is 14.3 Å². The Morgan fingerprint density at radius 1 is 1.13 bits per heavy atom. The van der Waals surface area contributed by atoms with E-state index in [1.807, 2.05) is 0 Å². The molecule has 5 nitrogen and oxygen atoms in total. The molecule has 0 aliphatic heterocycles. The van der Waals surface area contributed by atoms with E-state index in [2.05, 4.69) is 13.8 Å². The van der Waals surface area contributed by atoms with Gasteiger partial charge in [0, 0.05) is 0 Å². The Hall–Kier alpha value is -1.10. The van der Waals surface area contributed by atoms with Crippen molar-refractivity contribution < 1.29 is 24.5 Å². The van der Waals surface area contributed by atoms with Crippen LogP contribution in [0.25, 0.3) is 0 Å². The number of esters is 1. The maximum atomic E-state index is 12.0. The number of aliphatic hydroxyl groups is 1. The highest BCUT2D eigenvalue weighted by atomic mass is 16.5. The van der Waals surface area contributed by atoms with Gasteiger partial charge in [-0.3, -0.25) is 9.59 Å². The van der Waals surface area contributed by atoms with E-state index < -0.39 is 12.1 Å². The molecule has 0 amide bonds. The Morgan fingerprint density at radius 3 is 2.26 bits per heavy atom. The number of carboxylic acid groups (broad SMARTS) is 1. The summed E-state index contributed by atoms with van der Waals surface area (Å²) in [6.07, 6.45) is 6.74. The van der Waals surface area contributed by atoms with Crippen molar-refractivity contribution in [3.63, 3.8) is 0 Å². The highest BCUT2D eigenvalue weighted by Crippen LogP contribution is 2.29. The molecule has 2 N–H and O–H groups in total. The summed E-state index contributed by atoms with van der Waals surface area (Å²) in [5.41, 5.74) is 0. The molecule has 0 aromatic heterocycles. The van der Waals surface area contributed by atoms with E-state index in [4.69, 9.17) is 9.84 Å². The number of carboxylic acids is 1. The Labute approximate surface area is 139 Å². The molecule has 0 bridgehead atoms. The van der Waals surface area contributed by atoms with Crippen molar-refractivity contribution in [2.45, 2.75) is 77.7 Å². The average molecular weight is 328 g/mol. The van der Waals surface area contributed by atoms with Crippen molar-refractivity contribution in [2.24, 2.45) is 17.8 Å². The lowest BCUT2D eigenvalue weighted by molar-refractivity contribution is -0.155. The van der Waals surface area contributed by atoms with E-state index in [0.29, 0.717) is 38.0 Å². The first-order chi connectivity index (χ1) is 11.0. The summed E-state index contributed by atoms with van der Waals surface area (Å²) >= 11 is 0. The third kappa shape index (κ3) is 7.34. The zero-order valence-corrected chi connectivity index (χ0v) is 14.5. The quantitative estimate of drug-likeness (QED) is 0.601. The number of carbonyl (C=O) groups excluding carboxylic acids is 1. The molecule has 1 fully saturated rings. The normalized spacial score (nSPS) is 24.0. The van der Waals surface area contributed by atoms with Gasteiger partial charge in [-0.1, -0.05) is 39.5 Å². The summed E-state index contributed by atoms with van der Waals surface area (Å²) in [7, 11) is 0. The molecule has 23 heavy (non-hydrogen) atoms. The highest BCUT2D eigenvalue weighted by Gasteiger charge is 2.30. The molecule has 1 aliphatic carbocycles. The number of hydrogen-bond acceptors (Lipinski definition) is 4. The highest BCUT2D eigenvalue weighted by molar-refractivity contribution is 5.74. The van der Waals surface area contributed by atoms with Crippen LogP contribution in [0.5, 0.6) is 0 Å². The maximum absolute atomic E-state index is 12.0. The largest absolute Gasteiger partial charge is 0.481 e. The third-order valence-electron chi connectivity index (χ3n) is 4.98. The van der Waals surface area contributed by atoms with Gasteiger partial charge in [-0.05, 0) is 38.0 Å². The van der Waals surface area contributed by atoms with Crippen LogP contribution in [0, 0.1) is 17.8 Å². The predicted octanol–water partition coefficient (Wildman–Crippen LogP) is 3.39. The van der Waals surface area contributed by atoms with Gasteiger partial charge in [0.1, 0.15) is 6.61 Å². The lowest BCUT2D eigenvalue weighted by Crippen LogP contribution is -2.29. The molecule has 1 saturated carbocycles. The monoisotopic (exact) mass is 328 g/mol. The van der Waals surface area contributed by atoms with Crippen molar-refractivity contribution in [3.8, 4) is 0 Å². The Balaban J connectivity index is 2.26. The van der Waals surface area contributed by atoms with Crippen molar-refractivity contribution in [3.05, 3.63) is 0 Å². The van der Waals surface area contributed by atoms with Crippen LogP contribution in [0.1, 0.15) is 71.6 Å². The van der Waals surface area contributed by atoms with Gasteiger partial charge < -0.3 is 14.9 Å². The van der Waals surface area contributed by atoms with E-state index in [9.17, 15) is 14.7 Å².